The van der Waals surface area contributed by atoms with Crippen molar-refractivity contribution in [3.05, 3.63) is 107 Å². The minimum absolute atomic E-state index is 0.114. The van der Waals surface area contributed by atoms with E-state index in [2.05, 4.69) is 29.3 Å². The molecule has 0 bridgehead atoms. The summed E-state index contributed by atoms with van der Waals surface area (Å²) in [5.41, 5.74) is 2.99. The summed E-state index contributed by atoms with van der Waals surface area (Å²) in [6, 6.07) is 26.9. The summed E-state index contributed by atoms with van der Waals surface area (Å²) < 4.78 is 16.9. The molecule has 5 rings (SSSR count). The summed E-state index contributed by atoms with van der Waals surface area (Å²) in [4.78, 5) is 31.8. The van der Waals surface area contributed by atoms with Gasteiger partial charge in [-0.05, 0) is 90.0 Å². The molecule has 8 heteroatoms. The third-order valence-electron chi connectivity index (χ3n) is 6.55. The molecule has 0 atom stereocenters. The van der Waals surface area contributed by atoms with Crippen LogP contribution in [0.4, 0.5) is 5.69 Å². The molecule has 208 valence electrons. The highest BCUT2D eigenvalue weighted by atomic mass is 32.2. The van der Waals surface area contributed by atoms with Crippen LogP contribution in [0.5, 0.6) is 11.5 Å². The summed E-state index contributed by atoms with van der Waals surface area (Å²) >= 11 is 1.31. The first-order valence-electron chi connectivity index (χ1n) is 13.4. The molecule has 4 aromatic rings. The Balaban J connectivity index is 1.36. The molecule has 1 fully saturated rings. The number of ether oxygens (including phenoxy) is 3. The highest BCUT2D eigenvalue weighted by Gasteiger charge is 2.32. The molecule has 1 amide bonds. The number of methoxy groups -OCH3 is 1. The predicted molar refractivity (Wildman–Crippen MR) is 164 cm³/mol. The van der Waals surface area contributed by atoms with Crippen LogP contribution >= 0.6 is 11.8 Å². The number of carbonyl (C=O) groups excluding carboxylic acids is 2. The maximum atomic E-state index is 13.2. The van der Waals surface area contributed by atoms with Gasteiger partial charge in [0.1, 0.15) is 6.61 Å². The van der Waals surface area contributed by atoms with E-state index in [0.29, 0.717) is 52.6 Å². The summed E-state index contributed by atoms with van der Waals surface area (Å²) in [5, 5.41) is 2.90. The highest BCUT2D eigenvalue weighted by Crippen LogP contribution is 2.36. The Hall–Kier alpha value is -4.56. The molecule has 4 aromatic carbocycles. The van der Waals surface area contributed by atoms with Gasteiger partial charge in [0, 0.05) is 6.54 Å². The van der Waals surface area contributed by atoms with Gasteiger partial charge in [-0.2, -0.15) is 0 Å². The number of amidine groups is 1. The van der Waals surface area contributed by atoms with E-state index in [1.54, 1.807) is 29.2 Å². The Kier molecular flexibility index (Phi) is 8.70. The molecule has 0 saturated carbocycles. The van der Waals surface area contributed by atoms with E-state index in [9.17, 15) is 9.59 Å². The van der Waals surface area contributed by atoms with Gasteiger partial charge < -0.3 is 14.2 Å². The number of fused-ring (bicyclic) bond motifs is 1. The number of nitrogens with zero attached hydrogens (tertiary/aromatic N) is 2. The number of esters is 1. The average Bonchev–Trinajstić information content (AvgIpc) is 3.29. The number of carbonyl (C=O) groups is 2. The van der Waals surface area contributed by atoms with Gasteiger partial charge in [-0.25, -0.2) is 9.79 Å². The first-order chi connectivity index (χ1) is 20.0. The summed E-state index contributed by atoms with van der Waals surface area (Å²) in [6.07, 6.45) is 1.84. The van der Waals surface area contributed by atoms with Gasteiger partial charge in [0.25, 0.3) is 5.91 Å². The quantitative estimate of drug-likeness (QED) is 0.157. The lowest BCUT2D eigenvalue weighted by atomic mass is 10.1. The lowest BCUT2D eigenvalue weighted by molar-refractivity contribution is -0.122. The molecular weight excluding hydrogens is 536 g/mol. The largest absolute Gasteiger partial charge is 0.490 e. The number of hydrogen-bond donors (Lipinski definition) is 0. The van der Waals surface area contributed by atoms with Gasteiger partial charge >= 0.3 is 5.97 Å². The number of rotatable bonds is 9. The summed E-state index contributed by atoms with van der Waals surface area (Å²) in [6.45, 7) is 5.20. The average molecular weight is 567 g/mol. The molecule has 0 N–H and O–H groups in total. The van der Waals surface area contributed by atoms with Crippen LogP contribution in [0.15, 0.2) is 94.8 Å². The molecule has 41 heavy (non-hydrogen) atoms. The fourth-order valence-corrected chi connectivity index (χ4v) is 5.56. The molecule has 0 spiro atoms. The van der Waals surface area contributed by atoms with Crippen molar-refractivity contribution in [2.24, 2.45) is 4.99 Å². The van der Waals surface area contributed by atoms with E-state index in [4.69, 9.17) is 14.2 Å². The first-order valence-corrected chi connectivity index (χ1v) is 14.2. The van der Waals surface area contributed by atoms with E-state index >= 15 is 0 Å². The van der Waals surface area contributed by atoms with E-state index < -0.39 is 5.97 Å². The Morgan fingerprint density at radius 1 is 0.927 bits per heavy atom. The van der Waals surface area contributed by atoms with E-state index in [0.717, 1.165) is 16.5 Å². The van der Waals surface area contributed by atoms with Crippen molar-refractivity contribution in [2.45, 2.75) is 20.5 Å². The second kappa shape index (κ2) is 12.7. The van der Waals surface area contributed by atoms with Crippen LogP contribution in [-0.2, 0) is 16.1 Å². The molecule has 0 radical (unpaired) electrons. The Bertz CT molecular complexity index is 1640. The van der Waals surface area contributed by atoms with Crippen LogP contribution in [0.1, 0.15) is 35.3 Å². The molecular formula is C33H30N2O5S. The predicted octanol–water partition coefficient (Wildman–Crippen LogP) is 7.23. The molecule has 1 saturated heterocycles. The van der Waals surface area contributed by atoms with E-state index in [-0.39, 0.29) is 5.91 Å². The zero-order chi connectivity index (χ0) is 28.8. The first kappa shape index (κ1) is 28.0. The second-order valence-corrected chi connectivity index (χ2v) is 10.2. The third-order valence-corrected chi connectivity index (χ3v) is 7.55. The molecule has 0 aromatic heterocycles. The van der Waals surface area contributed by atoms with E-state index in [1.165, 1.54) is 24.3 Å². The highest BCUT2D eigenvalue weighted by molar-refractivity contribution is 8.18. The lowest BCUT2D eigenvalue weighted by Gasteiger charge is -2.14. The summed E-state index contributed by atoms with van der Waals surface area (Å²) in [7, 11) is 1.34. The maximum Gasteiger partial charge on any atom is 0.337 e. The maximum absolute atomic E-state index is 13.2. The SMILES string of the molecule is CCOc1cc(/C=C2/SC(=Nc3ccc(C(=O)OC)cc3)N(CC)C2=O)ccc1OCc1cccc2ccccc12. The molecule has 7 nitrogen and oxygen atoms in total. The zero-order valence-electron chi connectivity index (χ0n) is 23.1. The van der Waals surface area contributed by atoms with Gasteiger partial charge in [0.15, 0.2) is 16.7 Å². The number of amides is 1. The Labute approximate surface area is 243 Å². The number of hydrogen-bond acceptors (Lipinski definition) is 7. The van der Waals surface area contributed by atoms with Gasteiger partial charge in [-0.1, -0.05) is 48.5 Å². The van der Waals surface area contributed by atoms with Crippen LogP contribution in [0, 0.1) is 0 Å². The summed E-state index contributed by atoms with van der Waals surface area (Å²) in [5.74, 6) is 0.729. The lowest BCUT2D eigenvalue weighted by Crippen LogP contribution is -2.28. The van der Waals surface area contributed by atoms with Crippen molar-refractivity contribution in [2.75, 3.05) is 20.3 Å². The smallest absolute Gasteiger partial charge is 0.337 e. The van der Waals surface area contributed by atoms with Gasteiger partial charge in [0.2, 0.25) is 0 Å². The van der Waals surface area contributed by atoms with Crippen LogP contribution < -0.4 is 9.47 Å². The van der Waals surface area contributed by atoms with E-state index in [1.807, 2.05) is 56.3 Å². The minimum Gasteiger partial charge on any atom is -0.490 e. The zero-order valence-corrected chi connectivity index (χ0v) is 23.9. The Morgan fingerprint density at radius 2 is 1.71 bits per heavy atom. The van der Waals surface area contributed by atoms with Crippen LogP contribution in [0.2, 0.25) is 0 Å². The normalized spacial score (nSPS) is 15.1. The standard InChI is InChI=1S/C33H30N2O5S/c1-4-35-31(36)30(41-33(35)34-26-16-14-24(15-17-26)32(37)38-3)20-22-13-18-28(29(19-22)39-5-2)40-21-25-11-8-10-23-9-6-7-12-27(23)25/h6-20H,4-5,21H2,1-3H3/b30-20+,34-33?. The molecule has 1 aliphatic rings. The molecule has 1 aliphatic heterocycles. The second-order valence-electron chi connectivity index (χ2n) is 9.16. The third kappa shape index (κ3) is 6.28. The molecule has 0 aliphatic carbocycles. The monoisotopic (exact) mass is 566 g/mol. The fourth-order valence-electron chi connectivity index (χ4n) is 4.50. The van der Waals surface area contributed by atoms with Crippen LogP contribution in [0.3, 0.4) is 0 Å². The van der Waals surface area contributed by atoms with Crippen LogP contribution in [0.25, 0.3) is 16.8 Å². The Morgan fingerprint density at radius 3 is 2.46 bits per heavy atom. The number of thioether (sulfide) groups is 1. The van der Waals surface area contributed by atoms with Crippen molar-refractivity contribution in [3.8, 4) is 11.5 Å². The van der Waals surface area contributed by atoms with Gasteiger partial charge in [-0.3, -0.25) is 9.69 Å². The van der Waals surface area contributed by atoms with Gasteiger partial charge in [-0.15, -0.1) is 0 Å². The number of aliphatic imine (C=N–C) groups is 1. The van der Waals surface area contributed by atoms with Crippen molar-refractivity contribution in [1.82, 2.24) is 4.90 Å². The van der Waals surface area contributed by atoms with Crippen molar-refractivity contribution in [1.29, 1.82) is 0 Å². The molecule has 1 heterocycles. The van der Waals surface area contributed by atoms with Gasteiger partial charge in [0.05, 0.1) is 29.9 Å². The van der Waals surface area contributed by atoms with Crippen molar-refractivity contribution >= 4 is 51.3 Å². The van der Waals surface area contributed by atoms with Crippen molar-refractivity contribution < 1.29 is 23.8 Å². The number of benzene rings is 4. The fraction of sp³-hybridized carbons (Fsp3) is 0.182. The molecule has 0 unspecified atom stereocenters. The topological polar surface area (TPSA) is 77.4 Å². The minimum atomic E-state index is -0.411. The number of likely N-dealkylation sites (N-methyl/N-ethyl adjacent to an activating group) is 1. The van der Waals surface area contributed by atoms with Crippen LogP contribution in [-0.4, -0.2) is 42.2 Å². The van der Waals surface area contributed by atoms with Crippen molar-refractivity contribution in [3.63, 3.8) is 0 Å².